The molecular weight excluding hydrogens is 212 g/mol. The maximum absolute atomic E-state index is 11.1. The molecule has 0 radical (unpaired) electrons. The topological polar surface area (TPSA) is 72.8 Å². The zero-order chi connectivity index (χ0) is 12.1. The molecule has 0 unspecified atom stereocenters. The SMILES string of the molecule is CCC(=O)Oc1cc(C(=O)O)ccc1OC. The van der Waals surface area contributed by atoms with Crippen LogP contribution < -0.4 is 9.47 Å². The second-order valence-corrected chi connectivity index (χ2v) is 3.00. The van der Waals surface area contributed by atoms with Crippen molar-refractivity contribution in [3.8, 4) is 11.5 Å². The van der Waals surface area contributed by atoms with Crippen molar-refractivity contribution in [2.45, 2.75) is 13.3 Å². The summed E-state index contributed by atoms with van der Waals surface area (Å²) >= 11 is 0. The van der Waals surface area contributed by atoms with Gasteiger partial charge in [-0.05, 0) is 18.2 Å². The number of aromatic carboxylic acids is 1. The lowest BCUT2D eigenvalue weighted by atomic mass is 10.2. The van der Waals surface area contributed by atoms with Crippen molar-refractivity contribution < 1.29 is 24.2 Å². The summed E-state index contributed by atoms with van der Waals surface area (Å²) in [5.41, 5.74) is 0.0414. The molecule has 86 valence electrons. The molecule has 0 atom stereocenters. The van der Waals surface area contributed by atoms with Crippen LogP contribution in [-0.2, 0) is 4.79 Å². The number of ether oxygens (including phenoxy) is 2. The summed E-state index contributed by atoms with van der Waals surface area (Å²) < 4.78 is 9.90. The summed E-state index contributed by atoms with van der Waals surface area (Å²) in [5.74, 6) is -1.08. The van der Waals surface area contributed by atoms with E-state index in [0.717, 1.165) is 0 Å². The summed E-state index contributed by atoms with van der Waals surface area (Å²) in [6, 6.07) is 4.08. The Balaban J connectivity index is 3.06. The van der Waals surface area contributed by atoms with Gasteiger partial charge in [-0.1, -0.05) is 6.92 Å². The molecule has 0 bridgehead atoms. The number of carboxylic acids is 1. The molecule has 0 aliphatic rings. The van der Waals surface area contributed by atoms with E-state index in [1.54, 1.807) is 6.92 Å². The van der Waals surface area contributed by atoms with Crippen LogP contribution in [0, 0.1) is 0 Å². The average molecular weight is 224 g/mol. The molecule has 0 saturated carbocycles. The van der Waals surface area contributed by atoms with Crippen LogP contribution in [-0.4, -0.2) is 24.2 Å². The molecule has 5 heteroatoms. The van der Waals surface area contributed by atoms with Crippen molar-refractivity contribution in [1.29, 1.82) is 0 Å². The monoisotopic (exact) mass is 224 g/mol. The molecule has 5 nitrogen and oxygen atoms in total. The minimum absolute atomic E-state index is 0.0414. The third-order valence-corrected chi connectivity index (χ3v) is 1.92. The fraction of sp³-hybridized carbons (Fsp3) is 0.273. The highest BCUT2D eigenvalue weighted by atomic mass is 16.6. The average Bonchev–Trinajstić information content (AvgIpc) is 2.28. The van der Waals surface area contributed by atoms with E-state index in [-0.39, 0.29) is 17.7 Å². The van der Waals surface area contributed by atoms with Crippen molar-refractivity contribution in [3.63, 3.8) is 0 Å². The zero-order valence-electron chi connectivity index (χ0n) is 9.02. The molecule has 16 heavy (non-hydrogen) atoms. The Hall–Kier alpha value is -2.04. The highest BCUT2D eigenvalue weighted by Crippen LogP contribution is 2.28. The van der Waals surface area contributed by atoms with E-state index < -0.39 is 11.9 Å². The first kappa shape index (κ1) is 12.0. The van der Waals surface area contributed by atoms with Gasteiger partial charge in [0.05, 0.1) is 12.7 Å². The Morgan fingerprint density at radius 3 is 2.50 bits per heavy atom. The largest absolute Gasteiger partial charge is 0.493 e. The summed E-state index contributed by atoms with van der Waals surface area (Å²) in [6.07, 6.45) is 0.209. The van der Waals surface area contributed by atoms with Crippen molar-refractivity contribution >= 4 is 11.9 Å². The molecule has 1 aromatic rings. The molecule has 0 aromatic heterocycles. The van der Waals surface area contributed by atoms with Gasteiger partial charge in [-0.3, -0.25) is 4.79 Å². The quantitative estimate of drug-likeness (QED) is 0.622. The standard InChI is InChI=1S/C11H12O5/c1-3-10(12)16-9-6-7(11(13)14)4-5-8(9)15-2/h4-6H,3H2,1-2H3,(H,13,14). The number of carboxylic acid groups (broad SMARTS) is 1. The van der Waals surface area contributed by atoms with Gasteiger partial charge in [-0.2, -0.15) is 0 Å². The van der Waals surface area contributed by atoms with Gasteiger partial charge in [0, 0.05) is 6.42 Å². The highest BCUT2D eigenvalue weighted by Gasteiger charge is 2.12. The first-order valence-corrected chi connectivity index (χ1v) is 4.70. The van der Waals surface area contributed by atoms with E-state index in [0.29, 0.717) is 5.75 Å². The third-order valence-electron chi connectivity index (χ3n) is 1.92. The molecule has 0 aliphatic carbocycles. The molecule has 0 saturated heterocycles. The van der Waals surface area contributed by atoms with E-state index in [4.69, 9.17) is 14.6 Å². The van der Waals surface area contributed by atoms with Gasteiger partial charge >= 0.3 is 11.9 Å². The number of methoxy groups -OCH3 is 1. The van der Waals surface area contributed by atoms with Crippen molar-refractivity contribution in [3.05, 3.63) is 23.8 Å². The van der Waals surface area contributed by atoms with E-state index in [1.807, 2.05) is 0 Å². The van der Waals surface area contributed by atoms with Crippen LogP contribution in [0.3, 0.4) is 0 Å². The van der Waals surface area contributed by atoms with Crippen molar-refractivity contribution in [2.75, 3.05) is 7.11 Å². The Kier molecular flexibility index (Phi) is 3.88. The fourth-order valence-corrected chi connectivity index (χ4v) is 1.08. The van der Waals surface area contributed by atoms with E-state index >= 15 is 0 Å². The number of hydrogen-bond donors (Lipinski definition) is 1. The van der Waals surface area contributed by atoms with Gasteiger partial charge in [0.1, 0.15) is 0 Å². The lowest BCUT2D eigenvalue weighted by molar-refractivity contribution is -0.134. The second kappa shape index (κ2) is 5.16. The molecule has 0 amide bonds. The van der Waals surface area contributed by atoms with Gasteiger partial charge in [-0.15, -0.1) is 0 Å². The van der Waals surface area contributed by atoms with Gasteiger partial charge in [0.25, 0.3) is 0 Å². The summed E-state index contributed by atoms with van der Waals surface area (Å²) in [4.78, 5) is 21.8. The first-order valence-electron chi connectivity index (χ1n) is 4.70. The van der Waals surface area contributed by atoms with Gasteiger partial charge < -0.3 is 14.6 Å². The molecule has 0 heterocycles. The minimum Gasteiger partial charge on any atom is -0.493 e. The second-order valence-electron chi connectivity index (χ2n) is 3.00. The maximum atomic E-state index is 11.1. The minimum atomic E-state index is -1.09. The number of rotatable bonds is 4. The lowest BCUT2D eigenvalue weighted by Crippen LogP contribution is -2.07. The Labute approximate surface area is 92.6 Å². The molecule has 1 rings (SSSR count). The first-order chi connectivity index (χ1) is 7.58. The predicted molar refractivity (Wildman–Crippen MR) is 55.9 cm³/mol. The smallest absolute Gasteiger partial charge is 0.335 e. The van der Waals surface area contributed by atoms with Crippen LogP contribution in [0.15, 0.2) is 18.2 Å². The number of esters is 1. The number of carbonyl (C=O) groups excluding carboxylic acids is 1. The number of carbonyl (C=O) groups is 2. The molecular formula is C11H12O5. The number of benzene rings is 1. The van der Waals surface area contributed by atoms with Crippen LogP contribution in [0.4, 0.5) is 0 Å². The van der Waals surface area contributed by atoms with Crippen molar-refractivity contribution in [1.82, 2.24) is 0 Å². The Morgan fingerprint density at radius 2 is 2.00 bits per heavy atom. The highest BCUT2D eigenvalue weighted by molar-refractivity contribution is 5.88. The number of hydrogen-bond acceptors (Lipinski definition) is 4. The maximum Gasteiger partial charge on any atom is 0.335 e. The molecule has 1 N–H and O–H groups in total. The molecule has 1 aromatic carbocycles. The normalized spacial score (nSPS) is 9.62. The Bertz CT molecular complexity index is 411. The van der Waals surface area contributed by atoms with Crippen LogP contribution in [0.1, 0.15) is 23.7 Å². The van der Waals surface area contributed by atoms with E-state index in [1.165, 1.54) is 25.3 Å². The molecule has 0 fully saturated rings. The third kappa shape index (κ3) is 2.73. The predicted octanol–water partition coefficient (Wildman–Crippen LogP) is 1.71. The van der Waals surface area contributed by atoms with Crippen LogP contribution in [0.5, 0.6) is 11.5 Å². The molecule has 0 aliphatic heterocycles. The molecule has 0 spiro atoms. The Morgan fingerprint density at radius 1 is 1.31 bits per heavy atom. The van der Waals surface area contributed by atoms with Gasteiger partial charge in [0.15, 0.2) is 11.5 Å². The summed E-state index contributed by atoms with van der Waals surface area (Å²) in [5, 5.41) is 8.78. The van der Waals surface area contributed by atoms with E-state index in [9.17, 15) is 9.59 Å². The van der Waals surface area contributed by atoms with Gasteiger partial charge in [0.2, 0.25) is 0 Å². The van der Waals surface area contributed by atoms with Crippen LogP contribution in [0.2, 0.25) is 0 Å². The summed E-state index contributed by atoms with van der Waals surface area (Å²) in [7, 11) is 1.42. The zero-order valence-corrected chi connectivity index (χ0v) is 9.02. The van der Waals surface area contributed by atoms with Gasteiger partial charge in [-0.25, -0.2) is 4.79 Å². The van der Waals surface area contributed by atoms with Crippen molar-refractivity contribution in [2.24, 2.45) is 0 Å². The van der Waals surface area contributed by atoms with Crippen LogP contribution >= 0.6 is 0 Å². The summed E-state index contributed by atoms with van der Waals surface area (Å²) in [6.45, 7) is 1.65. The van der Waals surface area contributed by atoms with Crippen LogP contribution in [0.25, 0.3) is 0 Å². The fourth-order valence-electron chi connectivity index (χ4n) is 1.08. The van der Waals surface area contributed by atoms with E-state index in [2.05, 4.69) is 0 Å². The lowest BCUT2D eigenvalue weighted by Gasteiger charge is -2.08.